The minimum absolute atomic E-state index is 0.663. The van der Waals surface area contributed by atoms with Crippen molar-refractivity contribution in [2.45, 2.75) is 45.7 Å². The minimum atomic E-state index is 0.663. The van der Waals surface area contributed by atoms with Crippen molar-refractivity contribution in [1.29, 1.82) is 0 Å². The van der Waals surface area contributed by atoms with Crippen molar-refractivity contribution >= 4 is 11.3 Å². The van der Waals surface area contributed by atoms with E-state index in [1.54, 1.807) is 11.3 Å². The molecule has 1 fully saturated rings. The van der Waals surface area contributed by atoms with Crippen molar-refractivity contribution in [2.24, 2.45) is 5.92 Å². The van der Waals surface area contributed by atoms with E-state index in [0.717, 1.165) is 18.9 Å². The molecule has 1 aromatic rings. The third-order valence-electron chi connectivity index (χ3n) is 4.06. The second-order valence-corrected chi connectivity index (χ2v) is 6.73. The van der Waals surface area contributed by atoms with E-state index in [2.05, 4.69) is 48.4 Å². The van der Waals surface area contributed by atoms with Gasteiger partial charge in [0.15, 0.2) is 0 Å². The normalized spacial score (nSPS) is 29.7. The van der Waals surface area contributed by atoms with Gasteiger partial charge in [-0.05, 0) is 33.2 Å². The molecule has 0 saturated carbocycles. The Morgan fingerprint density at radius 1 is 1.50 bits per heavy atom. The molecular weight excluding hydrogens is 242 g/mol. The van der Waals surface area contributed by atoms with E-state index in [1.807, 2.05) is 0 Å². The van der Waals surface area contributed by atoms with Crippen LogP contribution in [-0.4, -0.2) is 42.1 Å². The summed E-state index contributed by atoms with van der Waals surface area (Å²) < 4.78 is 0. The molecule has 0 bridgehead atoms. The van der Waals surface area contributed by atoms with Crippen LogP contribution in [0.2, 0.25) is 0 Å². The SMILES string of the molecule is Cc1nc(CCNC2CC(C)N(C)CC2C)cs1. The molecule has 2 heterocycles. The molecular formula is C14H25N3S. The van der Waals surface area contributed by atoms with Crippen LogP contribution in [0.15, 0.2) is 5.38 Å². The van der Waals surface area contributed by atoms with Gasteiger partial charge >= 0.3 is 0 Å². The maximum Gasteiger partial charge on any atom is 0.0897 e. The molecule has 4 heteroatoms. The molecule has 0 amide bonds. The number of nitrogens with one attached hydrogen (secondary N) is 1. The van der Waals surface area contributed by atoms with Crippen LogP contribution in [-0.2, 0) is 6.42 Å². The highest BCUT2D eigenvalue weighted by atomic mass is 32.1. The number of aryl methyl sites for hydroxylation is 1. The van der Waals surface area contributed by atoms with Gasteiger partial charge in [0.2, 0.25) is 0 Å². The lowest BCUT2D eigenvalue weighted by molar-refractivity contribution is 0.122. The van der Waals surface area contributed by atoms with E-state index < -0.39 is 0 Å². The van der Waals surface area contributed by atoms with E-state index in [-0.39, 0.29) is 0 Å². The van der Waals surface area contributed by atoms with Crippen LogP contribution in [0, 0.1) is 12.8 Å². The first-order chi connectivity index (χ1) is 8.56. The Bertz CT molecular complexity index is 377. The Balaban J connectivity index is 1.76. The van der Waals surface area contributed by atoms with E-state index in [4.69, 9.17) is 0 Å². The number of nitrogens with zero attached hydrogens (tertiary/aromatic N) is 2. The van der Waals surface area contributed by atoms with Gasteiger partial charge in [-0.2, -0.15) is 0 Å². The van der Waals surface area contributed by atoms with Crippen molar-refractivity contribution < 1.29 is 0 Å². The molecule has 18 heavy (non-hydrogen) atoms. The van der Waals surface area contributed by atoms with E-state index in [9.17, 15) is 0 Å². The van der Waals surface area contributed by atoms with Crippen LogP contribution in [0.1, 0.15) is 31.0 Å². The third-order valence-corrected chi connectivity index (χ3v) is 4.89. The van der Waals surface area contributed by atoms with Crippen molar-refractivity contribution in [3.8, 4) is 0 Å². The molecule has 3 atom stereocenters. The summed E-state index contributed by atoms with van der Waals surface area (Å²) in [6.07, 6.45) is 2.31. The van der Waals surface area contributed by atoms with Crippen LogP contribution in [0.3, 0.4) is 0 Å². The average molecular weight is 267 g/mol. The predicted octanol–water partition coefficient (Wildman–Crippen LogP) is 2.31. The first-order valence-corrected chi connectivity index (χ1v) is 7.79. The predicted molar refractivity (Wildman–Crippen MR) is 78.2 cm³/mol. The summed E-state index contributed by atoms with van der Waals surface area (Å²) in [7, 11) is 2.23. The van der Waals surface area contributed by atoms with Gasteiger partial charge in [-0.25, -0.2) is 4.98 Å². The summed E-state index contributed by atoms with van der Waals surface area (Å²) in [6, 6.07) is 1.36. The molecule has 3 nitrogen and oxygen atoms in total. The van der Waals surface area contributed by atoms with E-state index >= 15 is 0 Å². The van der Waals surface area contributed by atoms with Crippen LogP contribution in [0.4, 0.5) is 0 Å². The first kappa shape index (κ1) is 14.0. The van der Waals surface area contributed by atoms with Gasteiger partial charge in [0.25, 0.3) is 0 Å². The fourth-order valence-corrected chi connectivity index (χ4v) is 3.38. The van der Waals surface area contributed by atoms with Crippen LogP contribution in [0.5, 0.6) is 0 Å². The molecule has 3 unspecified atom stereocenters. The highest BCUT2D eigenvalue weighted by Crippen LogP contribution is 2.20. The van der Waals surface area contributed by atoms with Gasteiger partial charge in [0, 0.05) is 37.0 Å². The molecule has 0 aliphatic carbocycles. The molecule has 1 aliphatic rings. The summed E-state index contributed by atoms with van der Waals surface area (Å²) in [4.78, 5) is 6.97. The van der Waals surface area contributed by atoms with Crippen molar-refractivity contribution in [1.82, 2.24) is 15.2 Å². The van der Waals surface area contributed by atoms with Crippen LogP contribution in [0.25, 0.3) is 0 Å². The minimum Gasteiger partial charge on any atom is -0.313 e. The number of rotatable bonds is 4. The Kier molecular flexibility index (Phi) is 4.76. The lowest BCUT2D eigenvalue weighted by Crippen LogP contribution is -2.51. The fourth-order valence-electron chi connectivity index (χ4n) is 2.73. The van der Waals surface area contributed by atoms with Gasteiger partial charge in [-0.3, -0.25) is 0 Å². The summed E-state index contributed by atoms with van der Waals surface area (Å²) in [5.41, 5.74) is 1.23. The summed E-state index contributed by atoms with van der Waals surface area (Å²) in [6.45, 7) is 9.00. The van der Waals surface area contributed by atoms with Crippen LogP contribution >= 0.6 is 11.3 Å². The maximum absolute atomic E-state index is 4.51. The molecule has 1 saturated heterocycles. The molecule has 1 aromatic heterocycles. The number of piperidine rings is 1. The number of hydrogen-bond donors (Lipinski definition) is 1. The second kappa shape index (κ2) is 6.13. The largest absolute Gasteiger partial charge is 0.313 e. The van der Waals surface area contributed by atoms with Crippen molar-refractivity contribution in [3.05, 3.63) is 16.1 Å². The van der Waals surface area contributed by atoms with E-state index in [1.165, 1.54) is 23.7 Å². The Hall–Kier alpha value is -0.450. The first-order valence-electron chi connectivity index (χ1n) is 6.91. The van der Waals surface area contributed by atoms with Gasteiger partial charge in [0.1, 0.15) is 0 Å². The molecule has 1 N–H and O–H groups in total. The molecule has 2 rings (SSSR count). The van der Waals surface area contributed by atoms with Gasteiger partial charge in [0.05, 0.1) is 10.7 Å². The Morgan fingerprint density at radius 2 is 2.28 bits per heavy atom. The Labute approximate surface area is 115 Å². The van der Waals surface area contributed by atoms with Gasteiger partial charge < -0.3 is 10.2 Å². The standard InChI is InChI=1S/C14H25N3S/c1-10-8-17(4)11(2)7-14(10)15-6-5-13-9-18-12(3)16-13/h9-11,14-15H,5-8H2,1-4H3. The smallest absolute Gasteiger partial charge is 0.0897 e. The number of thiazole rings is 1. The number of aromatic nitrogens is 1. The second-order valence-electron chi connectivity index (χ2n) is 5.67. The van der Waals surface area contributed by atoms with Gasteiger partial charge in [-0.1, -0.05) is 6.92 Å². The lowest BCUT2D eigenvalue weighted by atomic mass is 9.90. The maximum atomic E-state index is 4.51. The number of hydrogen-bond acceptors (Lipinski definition) is 4. The fraction of sp³-hybridized carbons (Fsp3) is 0.786. The molecule has 0 spiro atoms. The highest BCUT2D eigenvalue weighted by molar-refractivity contribution is 7.09. The van der Waals surface area contributed by atoms with Crippen LogP contribution < -0.4 is 5.32 Å². The zero-order valence-corrected chi connectivity index (χ0v) is 12.8. The third kappa shape index (κ3) is 3.53. The molecule has 0 aromatic carbocycles. The van der Waals surface area contributed by atoms with Gasteiger partial charge in [-0.15, -0.1) is 11.3 Å². The molecule has 102 valence electrons. The highest BCUT2D eigenvalue weighted by Gasteiger charge is 2.28. The molecule has 0 radical (unpaired) electrons. The average Bonchev–Trinajstić information content (AvgIpc) is 2.71. The summed E-state index contributed by atoms with van der Waals surface area (Å²) in [5, 5.41) is 7.07. The monoisotopic (exact) mass is 267 g/mol. The van der Waals surface area contributed by atoms with E-state index in [0.29, 0.717) is 12.1 Å². The number of likely N-dealkylation sites (tertiary alicyclic amines) is 1. The van der Waals surface area contributed by atoms with Crippen molar-refractivity contribution in [2.75, 3.05) is 20.1 Å². The summed E-state index contributed by atoms with van der Waals surface area (Å²) >= 11 is 1.75. The quantitative estimate of drug-likeness (QED) is 0.907. The Morgan fingerprint density at radius 3 is 2.94 bits per heavy atom. The lowest BCUT2D eigenvalue weighted by Gasteiger charge is -2.40. The molecule has 1 aliphatic heterocycles. The van der Waals surface area contributed by atoms with Crippen molar-refractivity contribution in [3.63, 3.8) is 0 Å². The zero-order valence-electron chi connectivity index (χ0n) is 11.9. The summed E-state index contributed by atoms with van der Waals surface area (Å²) in [5.74, 6) is 0.739. The topological polar surface area (TPSA) is 28.2 Å². The zero-order chi connectivity index (χ0) is 13.1.